The Labute approximate surface area is 143 Å². The average molecular weight is 336 g/mol. The van der Waals surface area contributed by atoms with Gasteiger partial charge in [-0.1, -0.05) is 6.07 Å². The molecule has 0 aliphatic carbocycles. The lowest BCUT2D eigenvalue weighted by Crippen LogP contribution is -2.10. The standard InChI is InChI=1S/C16H16N8O/c1-10(11-4-3-5-17-7-11)24-16-12(8-19-24)18-9-14(21-16)20-13-6-15(25-2)23-22-13/h3-10H,1-2H3,(H2,20,21,22,23)/t10-/m0/s1. The van der Waals surface area contributed by atoms with Crippen LogP contribution in [0.15, 0.2) is 43.0 Å². The van der Waals surface area contributed by atoms with Gasteiger partial charge in [-0.2, -0.15) is 5.10 Å². The Morgan fingerprint density at radius 1 is 1.28 bits per heavy atom. The van der Waals surface area contributed by atoms with Crippen LogP contribution in [0.4, 0.5) is 11.6 Å². The molecule has 0 spiro atoms. The van der Waals surface area contributed by atoms with Gasteiger partial charge in [0.2, 0.25) is 5.88 Å². The second kappa shape index (κ2) is 6.19. The smallest absolute Gasteiger partial charge is 0.234 e. The lowest BCUT2D eigenvalue weighted by Gasteiger charge is -2.13. The van der Waals surface area contributed by atoms with E-state index in [2.05, 4.69) is 35.6 Å². The molecule has 0 aromatic carbocycles. The molecule has 0 fully saturated rings. The minimum atomic E-state index is -0.0111. The zero-order valence-electron chi connectivity index (χ0n) is 13.7. The summed E-state index contributed by atoms with van der Waals surface area (Å²) in [7, 11) is 1.56. The fourth-order valence-corrected chi connectivity index (χ4v) is 2.54. The first kappa shape index (κ1) is 15.1. The number of anilines is 2. The lowest BCUT2D eigenvalue weighted by molar-refractivity contribution is 0.397. The van der Waals surface area contributed by atoms with Gasteiger partial charge in [0.15, 0.2) is 11.5 Å². The van der Waals surface area contributed by atoms with E-state index in [0.717, 1.165) is 11.1 Å². The third-order valence-electron chi connectivity index (χ3n) is 3.86. The van der Waals surface area contributed by atoms with Gasteiger partial charge >= 0.3 is 0 Å². The second-order valence-corrected chi connectivity index (χ2v) is 5.46. The number of aromatic amines is 1. The van der Waals surface area contributed by atoms with Crippen molar-refractivity contribution in [1.82, 2.24) is 34.9 Å². The number of hydrogen-bond donors (Lipinski definition) is 2. The Balaban J connectivity index is 1.67. The number of methoxy groups -OCH3 is 1. The van der Waals surface area contributed by atoms with Gasteiger partial charge in [-0.05, 0) is 18.6 Å². The molecule has 2 N–H and O–H groups in total. The van der Waals surface area contributed by atoms with E-state index < -0.39 is 0 Å². The molecule has 1 atom stereocenters. The van der Waals surface area contributed by atoms with Crippen molar-refractivity contribution in [2.45, 2.75) is 13.0 Å². The van der Waals surface area contributed by atoms with Crippen LogP contribution in [0.2, 0.25) is 0 Å². The Morgan fingerprint density at radius 3 is 2.96 bits per heavy atom. The number of H-pyrrole nitrogens is 1. The van der Waals surface area contributed by atoms with Gasteiger partial charge in [-0.15, -0.1) is 5.10 Å². The first-order chi connectivity index (χ1) is 12.2. The van der Waals surface area contributed by atoms with Crippen LogP contribution < -0.4 is 10.1 Å². The normalized spacial score (nSPS) is 12.2. The molecule has 0 aliphatic rings. The van der Waals surface area contributed by atoms with Gasteiger partial charge < -0.3 is 10.1 Å². The SMILES string of the molecule is COc1cc(Nc2cnc3cnn([C@@H](C)c4cccnc4)c3n2)[nH]n1. The molecule has 4 rings (SSSR count). The highest BCUT2D eigenvalue weighted by Gasteiger charge is 2.15. The molecule has 0 saturated carbocycles. The summed E-state index contributed by atoms with van der Waals surface area (Å²) in [6, 6.07) is 5.64. The number of pyridine rings is 1. The molecule has 0 bridgehead atoms. The van der Waals surface area contributed by atoms with Crippen molar-refractivity contribution >= 4 is 22.8 Å². The van der Waals surface area contributed by atoms with Crippen molar-refractivity contribution in [3.05, 3.63) is 48.5 Å². The van der Waals surface area contributed by atoms with Crippen LogP contribution in [0, 0.1) is 0 Å². The largest absolute Gasteiger partial charge is 0.480 e. The summed E-state index contributed by atoms with van der Waals surface area (Å²) >= 11 is 0. The summed E-state index contributed by atoms with van der Waals surface area (Å²) in [6.45, 7) is 2.05. The Hall–Kier alpha value is -3.49. The van der Waals surface area contributed by atoms with E-state index in [1.165, 1.54) is 0 Å². The van der Waals surface area contributed by atoms with Crippen LogP contribution in [0.25, 0.3) is 11.2 Å². The van der Waals surface area contributed by atoms with Crippen molar-refractivity contribution in [1.29, 1.82) is 0 Å². The molecule has 9 heteroatoms. The number of fused-ring (bicyclic) bond motifs is 1. The first-order valence-electron chi connectivity index (χ1n) is 7.71. The summed E-state index contributed by atoms with van der Waals surface area (Å²) in [6.07, 6.45) is 6.93. The maximum atomic E-state index is 5.05. The van der Waals surface area contributed by atoms with Gasteiger partial charge in [-0.25, -0.2) is 14.6 Å². The van der Waals surface area contributed by atoms with Crippen LogP contribution in [-0.2, 0) is 0 Å². The molecule has 4 aromatic rings. The van der Waals surface area contributed by atoms with Gasteiger partial charge in [0.25, 0.3) is 0 Å². The highest BCUT2D eigenvalue weighted by Crippen LogP contribution is 2.22. The third-order valence-corrected chi connectivity index (χ3v) is 3.86. The lowest BCUT2D eigenvalue weighted by atomic mass is 10.1. The minimum Gasteiger partial charge on any atom is -0.480 e. The summed E-state index contributed by atoms with van der Waals surface area (Å²) in [5.41, 5.74) is 2.46. The molecular weight excluding hydrogens is 320 g/mol. The fourth-order valence-electron chi connectivity index (χ4n) is 2.54. The minimum absolute atomic E-state index is 0.0111. The van der Waals surface area contributed by atoms with Gasteiger partial charge in [-0.3, -0.25) is 10.1 Å². The topological polar surface area (TPSA) is 106 Å². The van der Waals surface area contributed by atoms with Crippen LogP contribution >= 0.6 is 0 Å². The van der Waals surface area contributed by atoms with Gasteiger partial charge in [0.1, 0.15) is 11.3 Å². The maximum Gasteiger partial charge on any atom is 0.234 e. The molecule has 0 saturated heterocycles. The Morgan fingerprint density at radius 2 is 2.20 bits per heavy atom. The van der Waals surface area contributed by atoms with Crippen molar-refractivity contribution < 1.29 is 4.74 Å². The summed E-state index contributed by atoms with van der Waals surface area (Å²) in [5.74, 6) is 1.74. The van der Waals surface area contributed by atoms with Crippen LogP contribution in [-0.4, -0.2) is 42.0 Å². The molecule has 0 radical (unpaired) electrons. The molecule has 126 valence electrons. The van der Waals surface area contributed by atoms with Crippen LogP contribution in [0.1, 0.15) is 18.5 Å². The summed E-state index contributed by atoms with van der Waals surface area (Å²) in [5, 5.41) is 14.4. The van der Waals surface area contributed by atoms with Gasteiger partial charge in [0, 0.05) is 18.5 Å². The van der Waals surface area contributed by atoms with Crippen LogP contribution in [0.5, 0.6) is 5.88 Å². The molecule has 0 aliphatic heterocycles. The molecule has 0 unspecified atom stereocenters. The second-order valence-electron chi connectivity index (χ2n) is 5.46. The van der Waals surface area contributed by atoms with E-state index in [4.69, 9.17) is 4.74 Å². The van der Waals surface area contributed by atoms with Crippen molar-refractivity contribution in [3.63, 3.8) is 0 Å². The fraction of sp³-hybridized carbons (Fsp3) is 0.188. The zero-order valence-corrected chi connectivity index (χ0v) is 13.7. The third kappa shape index (κ3) is 2.87. The number of nitrogens with one attached hydrogen (secondary N) is 2. The van der Waals surface area contributed by atoms with Crippen LogP contribution in [0.3, 0.4) is 0 Å². The number of nitrogens with zero attached hydrogens (tertiary/aromatic N) is 6. The first-order valence-corrected chi connectivity index (χ1v) is 7.71. The Bertz CT molecular complexity index is 994. The number of aromatic nitrogens is 7. The average Bonchev–Trinajstić information content (AvgIpc) is 3.28. The predicted molar refractivity (Wildman–Crippen MR) is 91.8 cm³/mol. The predicted octanol–water partition coefficient (Wildman–Crippen LogP) is 2.31. The van der Waals surface area contributed by atoms with E-state index >= 15 is 0 Å². The molecule has 4 aromatic heterocycles. The van der Waals surface area contributed by atoms with E-state index in [1.54, 1.807) is 31.8 Å². The zero-order chi connectivity index (χ0) is 17.2. The quantitative estimate of drug-likeness (QED) is 0.576. The summed E-state index contributed by atoms with van der Waals surface area (Å²) < 4.78 is 6.88. The van der Waals surface area contributed by atoms with E-state index in [9.17, 15) is 0 Å². The number of hydrogen-bond acceptors (Lipinski definition) is 7. The van der Waals surface area contributed by atoms with Crippen molar-refractivity contribution in [2.75, 3.05) is 12.4 Å². The molecule has 9 nitrogen and oxygen atoms in total. The highest BCUT2D eigenvalue weighted by atomic mass is 16.5. The molecular formula is C16H16N8O. The van der Waals surface area contributed by atoms with Crippen molar-refractivity contribution in [3.8, 4) is 5.88 Å². The highest BCUT2D eigenvalue weighted by molar-refractivity contribution is 5.72. The number of rotatable bonds is 5. The van der Waals surface area contributed by atoms with Crippen molar-refractivity contribution in [2.24, 2.45) is 0 Å². The number of ether oxygens (including phenoxy) is 1. The maximum absolute atomic E-state index is 5.05. The van der Waals surface area contributed by atoms with Gasteiger partial charge in [0.05, 0.1) is 25.5 Å². The summed E-state index contributed by atoms with van der Waals surface area (Å²) in [4.78, 5) is 13.2. The molecule has 25 heavy (non-hydrogen) atoms. The van der Waals surface area contributed by atoms with E-state index in [0.29, 0.717) is 23.2 Å². The van der Waals surface area contributed by atoms with E-state index in [1.807, 2.05) is 29.9 Å². The molecule has 4 heterocycles. The van der Waals surface area contributed by atoms with E-state index in [-0.39, 0.29) is 6.04 Å². The Kier molecular flexibility index (Phi) is 3.73. The molecule has 0 amide bonds. The monoisotopic (exact) mass is 336 g/mol.